The van der Waals surface area contributed by atoms with Gasteiger partial charge in [-0.05, 0) is 49.4 Å². The maximum absolute atomic E-state index is 6.55. The molecule has 1 heteroatoms. The Morgan fingerprint density at radius 3 is 2.22 bits per heavy atom. The summed E-state index contributed by atoms with van der Waals surface area (Å²) in [6, 6.07) is 0.524. The van der Waals surface area contributed by atoms with Crippen molar-refractivity contribution < 1.29 is 0 Å². The summed E-state index contributed by atoms with van der Waals surface area (Å²) in [6.45, 7) is 0. The van der Waals surface area contributed by atoms with Gasteiger partial charge in [0.2, 0.25) is 0 Å². The molecule has 4 unspecified atom stereocenters. The Morgan fingerprint density at radius 2 is 1.44 bits per heavy atom. The third-order valence-electron chi connectivity index (χ3n) is 6.27. The van der Waals surface area contributed by atoms with E-state index in [4.69, 9.17) is 5.73 Å². The summed E-state index contributed by atoms with van der Waals surface area (Å²) in [6.07, 6.45) is 17.6. The zero-order valence-electron chi connectivity index (χ0n) is 11.9. The van der Waals surface area contributed by atoms with Crippen LogP contribution >= 0.6 is 0 Å². The molecule has 4 atom stereocenters. The third-order valence-corrected chi connectivity index (χ3v) is 6.27. The van der Waals surface area contributed by atoms with Crippen LogP contribution in [0.1, 0.15) is 77.0 Å². The summed E-state index contributed by atoms with van der Waals surface area (Å²) in [4.78, 5) is 0. The van der Waals surface area contributed by atoms with Gasteiger partial charge in [0, 0.05) is 6.04 Å². The van der Waals surface area contributed by atoms with Crippen LogP contribution in [0.25, 0.3) is 0 Å². The fraction of sp³-hybridized carbons (Fsp3) is 1.00. The first-order valence-electron chi connectivity index (χ1n) is 8.58. The molecule has 104 valence electrons. The molecule has 2 N–H and O–H groups in total. The van der Waals surface area contributed by atoms with E-state index in [2.05, 4.69) is 0 Å². The van der Waals surface area contributed by atoms with Crippen LogP contribution < -0.4 is 5.73 Å². The lowest BCUT2D eigenvalue weighted by atomic mass is 9.65. The summed E-state index contributed by atoms with van der Waals surface area (Å²) in [7, 11) is 0. The first kappa shape index (κ1) is 13.0. The van der Waals surface area contributed by atoms with Crippen molar-refractivity contribution in [1.82, 2.24) is 0 Å². The molecule has 3 rings (SSSR count). The van der Waals surface area contributed by atoms with Gasteiger partial charge in [-0.3, -0.25) is 0 Å². The van der Waals surface area contributed by atoms with E-state index in [1.54, 1.807) is 0 Å². The fourth-order valence-corrected chi connectivity index (χ4v) is 5.12. The second-order valence-electron chi connectivity index (χ2n) is 7.43. The molecule has 3 fully saturated rings. The molecule has 0 aromatic heterocycles. The van der Waals surface area contributed by atoms with Crippen LogP contribution in [0.2, 0.25) is 0 Å². The Kier molecular flexibility index (Phi) is 4.28. The largest absolute Gasteiger partial charge is 0.327 e. The highest BCUT2D eigenvalue weighted by atomic mass is 14.7. The van der Waals surface area contributed by atoms with Crippen LogP contribution in [0.4, 0.5) is 0 Å². The van der Waals surface area contributed by atoms with Gasteiger partial charge in [-0.15, -0.1) is 0 Å². The number of hydrogen-bond donors (Lipinski definition) is 1. The third kappa shape index (κ3) is 2.92. The molecule has 3 aliphatic rings. The molecule has 0 aliphatic heterocycles. The summed E-state index contributed by atoms with van der Waals surface area (Å²) in [5.41, 5.74) is 6.55. The van der Waals surface area contributed by atoms with Crippen molar-refractivity contribution in [3.63, 3.8) is 0 Å². The quantitative estimate of drug-likeness (QED) is 0.783. The summed E-state index contributed by atoms with van der Waals surface area (Å²) in [5.74, 6) is 3.97. The minimum atomic E-state index is 0.524. The Bertz CT molecular complexity index is 256. The lowest BCUT2D eigenvalue weighted by Crippen LogP contribution is -2.38. The molecular formula is C17H31N. The highest BCUT2D eigenvalue weighted by Gasteiger charge is 2.35. The number of hydrogen-bond acceptors (Lipinski definition) is 1. The van der Waals surface area contributed by atoms with Crippen molar-refractivity contribution >= 4 is 0 Å². The van der Waals surface area contributed by atoms with Gasteiger partial charge in [-0.1, -0.05) is 51.4 Å². The maximum Gasteiger partial charge on any atom is 0.00699 e. The molecule has 0 bridgehead atoms. The average Bonchev–Trinajstić information content (AvgIpc) is 2.91. The van der Waals surface area contributed by atoms with E-state index < -0.39 is 0 Å². The van der Waals surface area contributed by atoms with E-state index in [1.807, 2.05) is 0 Å². The molecule has 0 amide bonds. The zero-order chi connectivity index (χ0) is 12.4. The molecular weight excluding hydrogens is 218 g/mol. The van der Waals surface area contributed by atoms with Crippen molar-refractivity contribution in [2.75, 3.05) is 0 Å². The molecule has 0 saturated heterocycles. The standard InChI is InChI=1S/C17H31N/c18-17(11-13-5-1-2-6-13)16-10-9-14-7-3-4-8-15(14)12-16/h13-17H,1-12,18H2. The molecule has 0 spiro atoms. The molecule has 0 aromatic rings. The SMILES string of the molecule is NC(CC1CCCC1)C1CCC2CCCCC2C1. The summed E-state index contributed by atoms with van der Waals surface area (Å²) >= 11 is 0. The molecule has 1 nitrogen and oxygen atoms in total. The van der Waals surface area contributed by atoms with Gasteiger partial charge in [0.15, 0.2) is 0 Å². The van der Waals surface area contributed by atoms with Crippen molar-refractivity contribution in [1.29, 1.82) is 0 Å². The number of fused-ring (bicyclic) bond motifs is 1. The lowest BCUT2D eigenvalue weighted by molar-refractivity contribution is 0.112. The van der Waals surface area contributed by atoms with Crippen molar-refractivity contribution in [2.24, 2.45) is 29.4 Å². The van der Waals surface area contributed by atoms with E-state index in [-0.39, 0.29) is 0 Å². The van der Waals surface area contributed by atoms with E-state index in [0.717, 1.165) is 23.7 Å². The van der Waals surface area contributed by atoms with Crippen LogP contribution in [0.3, 0.4) is 0 Å². The van der Waals surface area contributed by atoms with Gasteiger partial charge in [0.1, 0.15) is 0 Å². The maximum atomic E-state index is 6.55. The number of nitrogens with two attached hydrogens (primary N) is 1. The highest BCUT2D eigenvalue weighted by Crippen LogP contribution is 2.44. The van der Waals surface area contributed by atoms with E-state index in [1.165, 1.54) is 77.0 Å². The first-order valence-corrected chi connectivity index (χ1v) is 8.58. The molecule has 18 heavy (non-hydrogen) atoms. The van der Waals surface area contributed by atoms with E-state index in [9.17, 15) is 0 Å². The average molecular weight is 249 g/mol. The smallest absolute Gasteiger partial charge is 0.00699 e. The second kappa shape index (κ2) is 5.94. The summed E-state index contributed by atoms with van der Waals surface area (Å²) in [5, 5.41) is 0. The van der Waals surface area contributed by atoms with Gasteiger partial charge in [0.05, 0.1) is 0 Å². The van der Waals surface area contributed by atoms with Crippen LogP contribution in [0.5, 0.6) is 0 Å². The lowest BCUT2D eigenvalue weighted by Gasteiger charge is -2.41. The zero-order valence-corrected chi connectivity index (χ0v) is 11.9. The minimum absolute atomic E-state index is 0.524. The highest BCUT2D eigenvalue weighted by molar-refractivity contribution is 4.88. The van der Waals surface area contributed by atoms with E-state index >= 15 is 0 Å². The van der Waals surface area contributed by atoms with Gasteiger partial charge < -0.3 is 5.73 Å². The van der Waals surface area contributed by atoms with Crippen molar-refractivity contribution in [3.8, 4) is 0 Å². The van der Waals surface area contributed by atoms with Gasteiger partial charge in [0.25, 0.3) is 0 Å². The Morgan fingerprint density at radius 1 is 0.778 bits per heavy atom. The Balaban J connectivity index is 1.49. The van der Waals surface area contributed by atoms with Crippen LogP contribution in [0, 0.1) is 23.7 Å². The van der Waals surface area contributed by atoms with Crippen molar-refractivity contribution in [2.45, 2.75) is 83.1 Å². The van der Waals surface area contributed by atoms with Gasteiger partial charge in [-0.2, -0.15) is 0 Å². The molecule has 0 radical (unpaired) electrons. The Hall–Kier alpha value is -0.0400. The topological polar surface area (TPSA) is 26.0 Å². The number of rotatable bonds is 3. The normalized spacial score (nSPS) is 39.5. The fourth-order valence-electron chi connectivity index (χ4n) is 5.12. The van der Waals surface area contributed by atoms with Crippen LogP contribution in [-0.4, -0.2) is 6.04 Å². The molecule has 3 saturated carbocycles. The molecule has 0 heterocycles. The van der Waals surface area contributed by atoms with Gasteiger partial charge in [-0.25, -0.2) is 0 Å². The predicted molar refractivity (Wildman–Crippen MR) is 77.3 cm³/mol. The molecule has 0 aromatic carbocycles. The minimum Gasteiger partial charge on any atom is -0.327 e. The van der Waals surface area contributed by atoms with Crippen molar-refractivity contribution in [3.05, 3.63) is 0 Å². The predicted octanol–water partition coefficient (Wildman–Crippen LogP) is 4.50. The van der Waals surface area contributed by atoms with Crippen LogP contribution in [0.15, 0.2) is 0 Å². The van der Waals surface area contributed by atoms with Gasteiger partial charge >= 0.3 is 0 Å². The second-order valence-corrected chi connectivity index (χ2v) is 7.43. The molecule has 3 aliphatic carbocycles. The monoisotopic (exact) mass is 249 g/mol. The Labute approximate surface area is 113 Å². The first-order chi connectivity index (χ1) is 8.83. The summed E-state index contributed by atoms with van der Waals surface area (Å²) < 4.78 is 0. The van der Waals surface area contributed by atoms with Crippen LogP contribution in [-0.2, 0) is 0 Å². The van der Waals surface area contributed by atoms with E-state index in [0.29, 0.717) is 6.04 Å².